The van der Waals surface area contributed by atoms with E-state index in [1.807, 2.05) is 0 Å². The van der Waals surface area contributed by atoms with Crippen LogP contribution < -0.4 is 4.74 Å². The van der Waals surface area contributed by atoms with E-state index in [1.165, 1.54) is 23.9 Å². The number of rotatable bonds is 5. The van der Waals surface area contributed by atoms with E-state index in [1.54, 1.807) is 12.3 Å². The molecule has 2 rings (SSSR count). The summed E-state index contributed by atoms with van der Waals surface area (Å²) in [5, 5.41) is 27.5. The third-order valence-electron chi connectivity index (χ3n) is 2.53. The molecule has 8 nitrogen and oxygen atoms in total. The van der Waals surface area contributed by atoms with Gasteiger partial charge in [-0.15, -0.1) is 5.10 Å². The molecule has 100 valence electrons. The summed E-state index contributed by atoms with van der Waals surface area (Å²) in [4.78, 5) is 10.5. The van der Waals surface area contributed by atoms with Crippen molar-refractivity contribution in [3.8, 4) is 11.4 Å². The third-order valence-corrected chi connectivity index (χ3v) is 2.53. The maximum atomic E-state index is 11.0. The lowest BCUT2D eigenvalue weighted by Gasteiger charge is -2.04. The van der Waals surface area contributed by atoms with Gasteiger partial charge in [-0.25, -0.2) is 4.68 Å². The summed E-state index contributed by atoms with van der Waals surface area (Å²) in [6, 6.07) is 4.47. The maximum Gasteiger partial charge on any atom is 0.298 e. The predicted octanol–water partition coefficient (Wildman–Crippen LogP) is 0.719. The van der Waals surface area contributed by atoms with Crippen LogP contribution in [-0.4, -0.2) is 38.7 Å². The number of nitro groups is 1. The molecular weight excluding hydrogens is 252 g/mol. The van der Waals surface area contributed by atoms with E-state index < -0.39 is 4.92 Å². The number of nitrogens with zero attached hydrogens (tertiary/aromatic N) is 4. The molecule has 0 bridgehead atoms. The van der Waals surface area contributed by atoms with Crippen molar-refractivity contribution < 1.29 is 14.8 Å². The van der Waals surface area contributed by atoms with Gasteiger partial charge in [-0.3, -0.25) is 10.1 Å². The van der Waals surface area contributed by atoms with Crippen molar-refractivity contribution >= 4 is 5.69 Å². The second-order valence-electron chi connectivity index (χ2n) is 3.74. The lowest BCUT2D eigenvalue weighted by molar-refractivity contribution is -0.384. The maximum absolute atomic E-state index is 11.0. The number of hydrogen-bond acceptors (Lipinski definition) is 6. The predicted molar refractivity (Wildman–Crippen MR) is 65.4 cm³/mol. The van der Waals surface area contributed by atoms with Crippen molar-refractivity contribution in [2.45, 2.75) is 6.42 Å². The van der Waals surface area contributed by atoms with Crippen molar-refractivity contribution in [1.82, 2.24) is 15.0 Å². The summed E-state index contributed by atoms with van der Waals surface area (Å²) in [5.41, 5.74) is 0.731. The molecule has 19 heavy (non-hydrogen) atoms. The van der Waals surface area contributed by atoms with Crippen LogP contribution in [0, 0.1) is 10.1 Å². The van der Waals surface area contributed by atoms with Gasteiger partial charge in [0.1, 0.15) is 11.4 Å². The van der Waals surface area contributed by atoms with Crippen molar-refractivity contribution in [3.05, 3.63) is 40.2 Å². The van der Waals surface area contributed by atoms with Gasteiger partial charge in [-0.1, -0.05) is 5.21 Å². The number of nitro benzene ring substituents is 1. The first-order valence-electron chi connectivity index (χ1n) is 5.50. The van der Waals surface area contributed by atoms with Gasteiger partial charge in [0.05, 0.1) is 30.0 Å². The molecule has 0 atom stereocenters. The van der Waals surface area contributed by atoms with Crippen molar-refractivity contribution in [3.63, 3.8) is 0 Å². The Kier molecular flexibility index (Phi) is 3.71. The van der Waals surface area contributed by atoms with Crippen molar-refractivity contribution in [2.75, 3.05) is 13.7 Å². The normalized spacial score (nSPS) is 10.4. The van der Waals surface area contributed by atoms with E-state index in [4.69, 9.17) is 9.84 Å². The molecule has 1 heterocycles. The zero-order valence-electron chi connectivity index (χ0n) is 10.2. The van der Waals surface area contributed by atoms with E-state index in [2.05, 4.69) is 10.3 Å². The molecule has 0 spiro atoms. The standard InChI is InChI=1S/C11H12N4O4/c1-19-9-2-3-10(11(6-9)15(17)18)14-7-8(4-5-16)12-13-14/h2-3,6-7,16H,4-5H2,1H3. The first kappa shape index (κ1) is 13.0. The van der Waals surface area contributed by atoms with Crippen molar-refractivity contribution in [1.29, 1.82) is 0 Å². The minimum atomic E-state index is -0.509. The minimum Gasteiger partial charge on any atom is -0.496 e. The van der Waals surface area contributed by atoms with E-state index in [-0.39, 0.29) is 12.3 Å². The smallest absolute Gasteiger partial charge is 0.298 e. The summed E-state index contributed by atoms with van der Waals surface area (Å²) < 4.78 is 6.26. The van der Waals surface area contributed by atoms with E-state index in [0.717, 1.165) is 0 Å². The fraction of sp³-hybridized carbons (Fsp3) is 0.273. The Morgan fingerprint density at radius 3 is 2.95 bits per heavy atom. The first-order chi connectivity index (χ1) is 9.15. The molecule has 1 N–H and O–H groups in total. The summed E-state index contributed by atoms with van der Waals surface area (Å²) in [6.07, 6.45) is 1.90. The van der Waals surface area contributed by atoms with Crippen LogP contribution in [0.4, 0.5) is 5.69 Å². The molecule has 0 saturated heterocycles. The highest BCUT2D eigenvalue weighted by molar-refractivity contribution is 5.55. The summed E-state index contributed by atoms with van der Waals surface area (Å²) in [5.74, 6) is 0.395. The quantitative estimate of drug-likeness (QED) is 0.630. The summed E-state index contributed by atoms with van der Waals surface area (Å²) >= 11 is 0. The average Bonchev–Trinajstić information content (AvgIpc) is 2.87. The summed E-state index contributed by atoms with van der Waals surface area (Å²) in [6.45, 7) is -0.0522. The molecule has 1 aromatic heterocycles. The Morgan fingerprint density at radius 2 is 2.32 bits per heavy atom. The zero-order chi connectivity index (χ0) is 13.8. The molecule has 0 unspecified atom stereocenters. The number of benzene rings is 1. The van der Waals surface area contributed by atoms with E-state index in [0.29, 0.717) is 23.6 Å². The van der Waals surface area contributed by atoms with Gasteiger partial charge < -0.3 is 9.84 Å². The fourth-order valence-corrected chi connectivity index (χ4v) is 1.62. The van der Waals surface area contributed by atoms with Crippen LogP contribution in [0.15, 0.2) is 24.4 Å². The van der Waals surface area contributed by atoms with Gasteiger partial charge in [0.2, 0.25) is 0 Å². The molecule has 0 fully saturated rings. The fourth-order valence-electron chi connectivity index (χ4n) is 1.62. The molecule has 0 aliphatic heterocycles. The molecule has 0 aliphatic carbocycles. The van der Waals surface area contributed by atoms with Crippen LogP contribution in [0.1, 0.15) is 5.69 Å². The number of aromatic nitrogens is 3. The topological polar surface area (TPSA) is 103 Å². The molecule has 0 aliphatic rings. The van der Waals surface area contributed by atoms with Crippen LogP contribution in [0.25, 0.3) is 5.69 Å². The van der Waals surface area contributed by atoms with Gasteiger partial charge in [0, 0.05) is 13.0 Å². The molecule has 2 aromatic rings. The molecule has 0 saturated carbocycles. The monoisotopic (exact) mass is 264 g/mol. The number of methoxy groups -OCH3 is 1. The van der Waals surface area contributed by atoms with Crippen LogP contribution in [0.2, 0.25) is 0 Å². The highest BCUT2D eigenvalue weighted by Crippen LogP contribution is 2.27. The number of hydrogen-bond donors (Lipinski definition) is 1. The lowest BCUT2D eigenvalue weighted by atomic mass is 10.2. The molecule has 0 amide bonds. The lowest BCUT2D eigenvalue weighted by Crippen LogP contribution is -2.01. The van der Waals surface area contributed by atoms with E-state index >= 15 is 0 Å². The molecular formula is C11H12N4O4. The van der Waals surface area contributed by atoms with Crippen LogP contribution in [0.5, 0.6) is 5.75 Å². The average molecular weight is 264 g/mol. The Hall–Kier alpha value is -2.48. The number of aliphatic hydroxyl groups excluding tert-OH is 1. The van der Waals surface area contributed by atoms with Gasteiger partial charge in [0.15, 0.2) is 0 Å². The largest absolute Gasteiger partial charge is 0.496 e. The minimum absolute atomic E-state index is 0.0522. The number of aliphatic hydroxyl groups is 1. The molecule has 0 radical (unpaired) electrons. The van der Waals surface area contributed by atoms with Crippen molar-refractivity contribution in [2.24, 2.45) is 0 Å². The highest BCUT2D eigenvalue weighted by Gasteiger charge is 2.18. The second kappa shape index (κ2) is 5.44. The Bertz CT molecular complexity index is 596. The zero-order valence-corrected chi connectivity index (χ0v) is 10.2. The first-order valence-corrected chi connectivity index (χ1v) is 5.50. The molecule has 8 heteroatoms. The van der Waals surface area contributed by atoms with Crippen LogP contribution in [0.3, 0.4) is 0 Å². The van der Waals surface area contributed by atoms with Gasteiger partial charge in [0.25, 0.3) is 5.69 Å². The second-order valence-corrected chi connectivity index (χ2v) is 3.74. The van der Waals surface area contributed by atoms with Crippen LogP contribution >= 0.6 is 0 Å². The Balaban J connectivity index is 2.45. The van der Waals surface area contributed by atoms with Gasteiger partial charge in [-0.05, 0) is 12.1 Å². The van der Waals surface area contributed by atoms with Gasteiger partial charge in [-0.2, -0.15) is 0 Å². The van der Waals surface area contributed by atoms with E-state index in [9.17, 15) is 10.1 Å². The summed E-state index contributed by atoms with van der Waals surface area (Å²) in [7, 11) is 1.44. The highest BCUT2D eigenvalue weighted by atomic mass is 16.6. The Morgan fingerprint density at radius 1 is 1.53 bits per heavy atom. The third kappa shape index (κ3) is 2.68. The van der Waals surface area contributed by atoms with Gasteiger partial charge >= 0.3 is 0 Å². The number of ether oxygens (including phenoxy) is 1. The molecule has 1 aromatic carbocycles. The SMILES string of the molecule is COc1ccc(-n2cc(CCO)nn2)c([N+](=O)[O-])c1. The Labute approximate surface area is 108 Å². The van der Waals surface area contributed by atoms with Crippen LogP contribution in [-0.2, 0) is 6.42 Å².